The van der Waals surface area contributed by atoms with Crippen molar-refractivity contribution in [2.24, 2.45) is 11.1 Å². The fraction of sp³-hybridized carbons (Fsp3) is 0.478. The summed E-state index contributed by atoms with van der Waals surface area (Å²) in [6.07, 6.45) is 8.08. The number of aromatic nitrogens is 4. The second-order valence-corrected chi connectivity index (χ2v) is 10.8. The molecule has 0 bridgehead atoms. The lowest BCUT2D eigenvalue weighted by Gasteiger charge is -2.35. The lowest BCUT2D eigenvalue weighted by molar-refractivity contribution is -0.128. The van der Waals surface area contributed by atoms with Crippen molar-refractivity contribution in [2.45, 2.75) is 64.0 Å². The first-order chi connectivity index (χ1) is 16.2. The highest BCUT2D eigenvalue weighted by molar-refractivity contribution is 6.41. The standard InChI is InChI=1S/C23H26Cl3N7O/c1-23(20(27)34)7-5-14(6-8-23)33-19-17(11-28-21(32-19)29-13-3-2-4-13)30-22(33)31-18-15(25)9-12(24)10-16(18)26/h9-11,13-14H,2-8H2,1H3,(H2,27,34)(H,30,31)(H,28,29,32)/t14-,23-. The number of hydrogen-bond acceptors (Lipinski definition) is 6. The topological polar surface area (TPSA) is 111 Å². The maximum atomic E-state index is 12.0. The van der Waals surface area contributed by atoms with Crippen LogP contribution in [-0.4, -0.2) is 31.5 Å². The van der Waals surface area contributed by atoms with Gasteiger partial charge in [-0.3, -0.25) is 9.36 Å². The molecule has 1 amide bonds. The van der Waals surface area contributed by atoms with Gasteiger partial charge in [0.2, 0.25) is 17.8 Å². The van der Waals surface area contributed by atoms with Gasteiger partial charge in [-0.2, -0.15) is 4.98 Å². The van der Waals surface area contributed by atoms with Crippen LogP contribution in [0.25, 0.3) is 11.2 Å². The molecule has 2 aliphatic rings. The minimum Gasteiger partial charge on any atom is -0.369 e. The summed E-state index contributed by atoms with van der Waals surface area (Å²) in [6, 6.07) is 3.73. The Hall–Kier alpha value is -2.29. The third kappa shape index (κ3) is 4.39. The predicted molar refractivity (Wildman–Crippen MR) is 136 cm³/mol. The Labute approximate surface area is 212 Å². The Bertz CT molecular complexity index is 1230. The van der Waals surface area contributed by atoms with Crippen molar-refractivity contribution in [3.8, 4) is 0 Å². The number of benzene rings is 1. The second-order valence-electron chi connectivity index (χ2n) is 9.51. The largest absolute Gasteiger partial charge is 0.369 e. The van der Waals surface area contributed by atoms with Crippen LogP contribution in [0.3, 0.4) is 0 Å². The van der Waals surface area contributed by atoms with Crippen molar-refractivity contribution < 1.29 is 4.79 Å². The molecular weight excluding hydrogens is 497 g/mol. The molecule has 2 saturated carbocycles. The molecule has 1 aromatic carbocycles. The van der Waals surface area contributed by atoms with Crippen LogP contribution in [0, 0.1) is 5.41 Å². The van der Waals surface area contributed by atoms with Crippen LogP contribution in [0.1, 0.15) is 57.9 Å². The van der Waals surface area contributed by atoms with Crippen LogP contribution in [0.2, 0.25) is 15.1 Å². The monoisotopic (exact) mass is 521 g/mol. The van der Waals surface area contributed by atoms with Crippen LogP contribution in [0.15, 0.2) is 18.3 Å². The number of primary amides is 1. The summed E-state index contributed by atoms with van der Waals surface area (Å²) in [5.74, 6) is 0.892. The second kappa shape index (κ2) is 9.06. The first kappa shape index (κ1) is 23.5. The Morgan fingerprint density at radius 2 is 1.79 bits per heavy atom. The van der Waals surface area contributed by atoms with E-state index in [4.69, 9.17) is 50.5 Å². The van der Waals surface area contributed by atoms with E-state index in [0.717, 1.165) is 25.7 Å². The average Bonchev–Trinajstić information content (AvgIpc) is 3.11. The zero-order valence-corrected chi connectivity index (χ0v) is 21.0. The molecule has 0 spiro atoms. The van der Waals surface area contributed by atoms with Crippen molar-refractivity contribution in [3.05, 3.63) is 33.4 Å². The molecule has 0 radical (unpaired) electrons. The SMILES string of the molecule is C[C@]1(C(N)=O)CC[C@H](n2c(Nc3c(Cl)cc(Cl)cc3Cl)nc3cnc(NC4CCC4)nc32)CC1. The molecule has 2 aliphatic carbocycles. The third-order valence-corrected chi connectivity index (χ3v) is 7.95. The molecule has 34 heavy (non-hydrogen) atoms. The molecule has 2 fully saturated rings. The zero-order valence-electron chi connectivity index (χ0n) is 18.7. The number of anilines is 3. The maximum absolute atomic E-state index is 12.0. The van der Waals surface area contributed by atoms with Gasteiger partial charge in [0.15, 0.2) is 5.65 Å². The van der Waals surface area contributed by atoms with Crippen LogP contribution >= 0.6 is 34.8 Å². The van der Waals surface area contributed by atoms with Gasteiger partial charge in [0.1, 0.15) is 5.52 Å². The molecule has 3 aromatic rings. The third-order valence-electron chi connectivity index (χ3n) is 7.13. The molecule has 4 N–H and O–H groups in total. The summed E-state index contributed by atoms with van der Waals surface area (Å²) in [4.78, 5) is 26.1. The first-order valence-corrected chi connectivity index (χ1v) is 12.6. The average molecular weight is 523 g/mol. The van der Waals surface area contributed by atoms with Gasteiger partial charge in [-0.05, 0) is 57.1 Å². The molecule has 2 aromatic heterocycles. The number of imidazole rings is 1. The van der Waals surface area contributed by atoms with Crippen molar-refractivity contribution >= 4 is 69.5 Å². The van der Waals surface area contributed by atoms with Crippen molar-refractivity contribution in [3.63, 3.8) is 0 Å². The highest BCUT2D eigenvalue weighted by Crippen LogP contribution is 2.44. The molecule has 11 heteroatoms. The molecular formula is C23H26Cl3N7O. The van der Waals surface area contributed by atoms with Gasteiger partial charge in [-0.15, -0.1) is 0 Å². The van der Waals surface area contributed by atoms with E-state index in [9.17, 15) is 4.79 Å². The van der Waals surface area contributed by atoms with E-state index in [2.05, 4.69) is 20.2 Å². The minimum atomic E-state index is -0.505. The Balaban J connectivity index is 1.55. The summed E-state index contributed by atoms with van der Waals surface area (Å²) in [5.41, 5.74) is 7.07. The molecule has 180 valence electrons. The summed E-state index contributed by atoms with van der Waals surface area (Å²) in [5, 5.41) is 7.93. The number of nitrogens with zero attached hydrogens (tertiary/aromatic N) is 4. The Kier molecular flexibility index (Phi) is 6.25. The first-order valence-electron chi connectivity index (χ1n) is 11.5. The van der Waals surface area contributed by atoms with Crippen LogP contribution < -0.4 is 16.4 Å². The lowest BCUT2D eigenvalue weighted by Crippen LogP contribution is -2.38. The normalized spacial score (nSPS) is 23.0. The fourth-order valence-corrected chi connectivity index (χ4v) is 5.56. The number of nitrogens with two attached hydrogens (primary N) is 1. The maximum Gasteiger partial charge on any atom is 0.224 e. The van der Waals surface area contributed by atoms with Gasteiger partial charge in [-0.1, -0.05) is 41.7 Å². The van der Waals surface area contributed by atoms with Gasteiger partial charge >= 0.3 is 0 Å². The van der Waals surface area contributed by atoms with Crippen LogP contribution in [0.4, 0.5) is 17.6 Å². The van der Waals surface area contributed by atoms with E-state index in [1.165, 1.54) is 6.42 Å². The number of fused-ring (bicyclic) bond motifs is 1. The van der Waals surface area contributed by atoms with E-state index in [0.29, 0.717) is 62.7 Å². The van der Waals surface area contributed by atoms with Gasteiger partial charge < -0.3 is 16.4 Å². The molecule has 0 aliphatic heterocycles. The number of rotatable bonds is 6. The van der Waals surface area contributed by atoms with E-state index in [-0.39, 0.29) is 11.9 Å². The van der Waals surface area contributed by atoms with E-state index >= 15 is 0 Å². The lowest BCUT2D eigenvalue weighted by atomic mass is 9.73. The Morgan fingerprint density at radius 1 is 1.12 bits per heavy atom. The number of halogens is 3. The number of amides is 1. The molecule has 8 nitrogen and oxygen atoms in total. The summed E-state index contributed by atoms with van der Waals surface area (Å²) < 4.78 is 2.07. The minimum absolute atomic E-state index is 0.0660. The van der Waals surface area contributed by atoms with Crippen molar-refractivity contribution in [1.82, 2.24) is 19.5 Å². The fourth-order valence-electron chi connectivity index (χ4n) is 4.65. The summed E-state index contributed by atoms with van der Waals surface area (Å²) >= 11 is 19.0. The van der Waals surface area contributed by atoms with Crippen LogP contribution in [0.5, 0.6) is 0 Å². The zero-order chi connectivity index (χ0) is 24.0. The number of hydrogen-bond donors (Lipinski definition) is 3. The van der Waals surface area contributed by atoms with E-state index in [1.807, 2.05) is 6.92 Å². The highest BCUT2D eigenvalue weighted by Gasteiger charge is 2.37. The smallest absolute Gasteiger partial charge is 0.224 e. The van der Waals surface area contributed by atoms with Gasteiger partial charge in [0.25, 0.3) is 0 Å². The summed E-state index contributed by atoms with van der Waals surface area (Å²) in [7, 11) is 0. The van der Waals surface area contributed by atoms with Gasteiger partial charge in [0, 0.05) is 22.5 Å². The number of nitrogens with one attached hydrogen (secondary N) is 2. The highest BCUT2D eigenvalue weighted by atomic mass is 35.5. The molecule has 0 atom stereocenters. The Morgan fingerprint density at radius 3 is 2.38 bits per heavy atom. The number of carbonyl (C=O) groups excluding carboxylic acids is 1. The van der Waals surface area contributed by atoms with Crippen LogP contribution in [-0.2, 0) is 4.79 Å². The molecule has 2 heterocycles. The van der Waals surface area contributed by atoms with Gasteiger partial charge in [0.05, 0.1) is 21.9 Å². The molecule has 5 rings (SSSR count). The van der Waals surface area contributed by atoms with Gasteiger partial charge in [-0.25, -0.2) is 9.97 Å². The van der Waals surface area contributed by atoms with Crippen molar-refractivity contribution in [2.75, 3.05) is 10.6 Å². The number of carbonyl (C=O) groups is 1. The van der Waals surface area contributed by atoms with E-state index in [1.54, 1.807) is 18.3 Å². The molecule has 0 saturated heterocycles. The quantitative estimate of drug-likeness (QED) is 0.361. The summed E-state index contributed by atoms with van der Waals surface area (Å²) in [6.45, 7) is 1.94. The predicted octanol–water partition coefficient (Wildman–Crippen LogP) is 6.10. The van der Waals surface area contributed by atoms with Crippen molar-refractivity contribution in [1.29, 1.82) is 0 Å². The molecule has 0 unspecified atom stereocenters. The van der Waals surface area contributed by atoms with E-state index < -0.39 is 5.41 Å².